The van der Waals surface area contributed by atoms with Gasteiger partial charge in [0.05, 0.1) is 25.3 Å². The number of thioether (sulfide) groups is 1. The Balaban J connectivity index is 1.62. The molecule has 0 bridgehead atoms. The van der Waals surface area contributed by atoms with E-state index in [1.165, 1.54) is 6.21 Å². The van der Waals surface area contributed by atoms with Crippen LogP contribution in [0.5, 0.6) is 11.5 Å². The van der Waals surface area contributed by atoms with Crippen LogP contribution in [-0.2, 0) is 9.59 Å². The number of carboxylic acids is 1. The van der Waals surface area contributed by atoms with Gasteiger partial charge in [-0.1, -0.05) is 23.9 Å². The van der Waals surface area contributed by atoms with Gasteiger partial charge < -0.3 is 19.9 Å². The molecule has 2 aromatic rings. The third-order valence-corrected chi connectivity index (χ3v) is 4.96. The maximum absolute atomic E-state index is 12.2. The number of nitrogens with one attached hydrogen (secondary N) is 1. The number of benzene rings is 2. The molecule has 0 spiro atoms. The lowest BCUT2D eigenvalue weighted by molar-refractivity contribution is -0.138. The molecule has 30 heavy (non-hydrogen) atoms. The number of amidine groups is 1. The Kier molecular flexibility index (Phi) is 6.81. The van der Waals surface area contributed by atoms with Crippen molar-refractivity contribution in [2.24, 2.45) is 10.2 Å². The van der Waals surface area contributed by atoms with Crippen LogP contribution in [-0.4, -0.2) is 46.7 Å². The molecule has 3 rings (SSSR count). The average molecular weight is 427 g/mol. The molecule has 1 atom stereocenters. The Morgan fingerprint density at radius 2 is 1.97 bits per heavy atom. The lowest BCUT2D eigenvalue weighted by Gasteiger charge is -2.05. The van der Waals surface area contributed by atoms with Gasteiger partial charge in [0.2, 0.25) is 5.91 Å². The summed E-state index contributed by atoms with van der Waals surface area (Å²) in [6.45, 7) is 0. The molecular formula is C20H17N3O6S. The summed E-state index contributed by atoms with van der Waals surface area (Å²) in [4.78, 5) is 34.6. The van der Waals surface area contributed by atoms with Crippen molar-refractivity contribution in [3.63, 3.8) is 0 Å². The number of aliphatic carboxylic acids is 1. The van der Waals surface area contributed by atoms with E-state index < -0.39 is 23.1 Å². The van der Waals surface area contributed by atoms with Crippen LogP contribution < -0.4 is 14.8 Å². The minimum Gasteiger partial charge on any atom is -0.497 e. The summed E-state index contributed by atoms with van der Waals surface area (Å²) < 4.78 is 10.4. The third-order valence-electron chi connectivity index (χ3n) is 3.89. The highest BCUT2D eigenvalue weighted by Gasteiger charge is 2.32. The number of hydrogen-bond acceptors (Lipinski definition) is 8. The topological polar surface area (TPSA) is 127 Å². The molecule has 10 heteroatoms. The molecule has 1 saturated heterocycles. The summed E-state index contributed by atoms with van der Waals surface area (Å²) in [5.41, 5.74) is 1.00. The van der Waals surface area contributed by atoms with Gasteiger partial charge in [-0.25, -0.2) is 4.79 Å². The first kappa shape index (κ1) is 21.1. The monoisotopic (exact) mass is 427 g/mol. The number of carbonyl (C=O) groups is 3. The molecular weight excluding hydrogens is 410 g/mol. The van der Waals surface area contributed by atoms with Crippen LogP contribution in [0.2, 0.25) is 0 Å². The van der Waals surface area contributed by atoms with Crippen LogP contribution in [0.3, 0.4) is 0 Å². The number of esters is 1. The third kappa shape index (κ3) is 5.67. The first-order chi connectivity index (χ1) is 14.4. The lowest BCUT2D eigenvalue weighted by atomic mass is 10.2. The predicted octanol–water partition coefficient (Wildman–Crippen LogP) is 2.31. The molecule has 2 N–H and O–H groups in total. The van der Waals surface area contributed by atoms with Gasteiger partial charge >= 0.3 is 11.9 Å². The number of nitrogens with zero attached hydrogens (tertiary/aromatic N) is 2. The minimum absolute atomic E-state index is 0.226. The minimum atomic E-state index is -1.06. The number of methoxy groups -OCH3 is 1. The van der Waals surface area contributed by atoms with Gasteiger partial charge in [0.25, 0.3) is 0 Å². The van der Waals surface area contributed by atoms with Gasteiger partial charge in [-0.05, 0) is 42.0 Å². The molecule has 1 aliphatic rings. The summed E-state index contributed by atoms with van der Waals surface area (Å²) in [5, 5.41) is 18.5. The van der Waals surface area contributed by atoms with Crippen LogP contribution in [0.15, 0.2) is 58.7 Å². The molecule has 1 aliphatic heterocycles. The standard InChI is InChI=1S/C20H17N3O6S/c1-28-14-7-5-13(6-8-14)19(27)29-15-4-2-3-12(9-15)11-21-23-20-22-18(26)16(30-20)10-17(24)25/h2-9,11,16H,10H2,1H3,(H,24,25)(H,22,23,26). The molecule has 1 amide bonds. The Hall–Kier alpha value is -3.66. The highest BCUT2D eigenvalue weighted by Crippen LogP contribution is 2.22. The molecule has 154 valence electrons. The lowest BCUT2D eigenvalue weighted by Crippen LogP contribution is -2.26. The van der Waals surface area contributed by atoms with E-state index in [0.29, 0.717) is 22.6 Å². The highest BCUT2D eigenvalue weighted by molar-refractivity contribution is 8.15. The van der Waals surface area contributed by atoms with Gasteiger partial charge in [0.1, 0.15) is 16.7 Å². The summed E-state index contributed by atoms with van der Waals surface area (Å²) in [6.07, 6.45) is 1.13. The smallest absolute Gasteiger partial charge is 0.343 e. The van der Waals surface area contributed by atoms with Crippen molar-refractivity contribution in [3.8, 4) is 11.5 Å². The predicted molar refractivity (Wildman–Crippen MR) is 111 cm³/mol. The number of carbonyl (C=O) groups excluding carboxylic acids is 2. The van der Waals surface area contributed by atoms with E-state index in [1.807, 2.05) is 0 Å². The van der Waals surface area contributed by atoms with E-state index in [9.17, 15) is 14.4 Å². The highest BCUT2D eigenvalue weighted by atomic mass is 32.2. The molecule has 1 unspecified atom stereocenters. The van der Waals surface area contributed by atoms with Crippen LogP contribution in [0.1, 0.15) is 22.3 Å². The Labute approximate surface area is 175 Å². The number of amides is 1. The Morgan fingerprint density at radius 3 is 2.67 bits per heavy atom. The second kappa shape index (κ2) is 9.70. The summed E-state index contributed by atoms with van der Waals surface area (Å²) >= 11 is 1.01. The van der Waals surface area contributed by atoms with Gasteiger partial charge in [0.15, 0.2) is 5.17 Å². The zero-order chi connectivity index (χ0) is 21.5. The quantitative estimate of drug-likeness (QED) is 0.300. The van der Waals surface area contributed by atoms with Crippen LogP contribution >= 0.6 is 11.8 Å². The zero-order valence-corrected chi connectivity index (χ0v) is 16.6. The molecule has 0 saturated carbocycles. The van der Waals surface area contributed by atoms with Gasteiger partial charge in [-0.15, -0.1) is 5.10 Å². The van der Waals surface area contributed by atoms with Gasteiger partial charge in [-0.3, -0.25) is 9.59 Å². The molecule has 9 nitrogen and oxygen atoms in total. The normalized spacial score (nSPS) is 17.2. The number of hydrogen-bond donors (Lipinski definition) is 2. The van der Waals surface area contributed by atoms with Crippen molar-refractivity contribution in [3.05, 3.63) is 59.7 Å². The van der Waals surface area contributed by atoms with Crippen molar-refractivity contribution < 1.29 is 29.0 Å². The summed E-state index contributed by atoms with van der Waals surface area (Å²) in [5.74, 6) is -1.02. The van der Waals surface area contributed by atoms with Crippen molar-refractivity contribution >= 4 is 41.0 Å². The zero-order valence-electron chi connectivity index (χ0n) is 15.8. The molecule has 0 aromatic heterocycles. The van der Waals surface area contributed by atoms with E-state index in [4.69, 9.17) is 14.6 Å². The Bertz CT molecular complexity index is 1020. The van der Waals surface area contributed by atoms with Crippen LogP contribution in [0, 0.1) is 0 Å². The SMILES string of the molecule is COc1ccc(C(=O)Oc2cccc(C=N/N=C3\NC(=O)C(CC(=O)O)S3)c2)cc1. The second-order valence-electron chi connectivity index (χ2n) is 6.03. The van der Waals surface area contributed by atoms with Crippen molar-refractivity contribution in [2.45, 2.75) is 11.7 Å². The average Bonchev–Trinajstić information content (AvgIpc) is 3.06. The number of rotatable bonds is 7. The first-order valence-electron chi connectivity index (χ1n) is 8.71. The van der Waals surface area contributed by atoms with Gasteiger partial charge in [0, 0.05) is 0 Å². The van der Waals surface area contributed by atoms with Crippen molar-refractivity contribution in [2.75, 3.05) is 7.11 Å². The summed E-state index contributed by atoms with van der Waals surface area (Å²) in [7, 11) is 1.54. The van der Waals surface area contributed by atoms with E-state index in [-0.39, 0.29) is 11.6 Å². The molecule has 1 fully saturated rings. The van der Waals surface area contributed by atoms with Gasteiger partial charge in [-0.2, -0.15) is 5.10 Å². The maximum atomic E-state index is 12.2. The fraction of sp³-hybridized carbons (Fsp3) is 0.150. The Morgan fingerprint density at radius 1 is 1.20 bits per heavy atom. The van der Waals surface area contributed by atoms with E-state index >= 15 is 0 Å². The van der Waals surface area contributed by atoms with Crippen LogP contribution in [0.25, 0.3) is 0 Å². The second-order valence-corrected chi connectivity index (χ2v) is 7.23. The van der Waals surface area contributed by atoms with E-state index in [0.717, 1.165) is 11.8 Å². The van der Waals surface area contributed by atoms with Crippen molar-refractivity contribution in [1.29, 1.82) is 0 Å². The molecule has 0 radical (unpaired) electrons. The van der Waals surface area contributed by atoms with Crippen molar-refractivity contribution in [1.82, 2.24) is 5.32 Å². The number of ether oxygens (including phenoxy) is 2. The molecule has 1 heterocycles. The largest absolute Gasteiger partial charge is 0.497 e. The van der Waals surface area contributed by atoms with E-state index in [1.54, 1.807) is 55.6 Å². The molecule has 2 aromatic carbocycles. The fourth-order valence-electron chi connectivity index (χ4n) is 2.44. The maximum Gasteiger partial charge on any atom is 0.343 e. The van der Waals surface area contributed by atoms with E-state index in [2.05, 4.69) is 15.5 Å². The molecule has 0 aliphatic carbocycles. The fourth-order valence-corrected chi connectivity index (χ4v) is 3.36. The first-order valence-corrected chi connectivity index (χ1v) is 9.59. The number of carboxylic acid groups (broad SMARTS) is 1. The van der Waals surface area contributed by atoms with Crippen LogP contribution in [0.4, 0.5) is 0 Å². The summed E-state index contributed by atoms with van der Waals surface area (Å²) in [6, 6.07) is 13.2.